The van der Waals surface area contributed by atoms with Crippen molar-refractivity contribution in [3.8, 4) is 0 Å². The first-order valence-corrected chi connectivity index (χ1v) is 7.20. The van der Waals surface area contributed by atoms with E-state index in [1.165, 1.54) is 0 Å². The molecule has 0 aromatic heterocycles. The molecule has 0 aliphatic carbocycles. The Morgan fingerprint density at radius 3 is 2.55 bits per heavy atom. The van der Waals surface area contributed by atoms with Crippen LogP contribution in [0.1, 0.15) is 20.8 Å². The monoisotopic (exact) mass is 316 g/mol. The smallest absolute Gasteiger partial charge is 0.410 e. The number of halogens is 2. The SMILES string of the molecule is CC(C)(C)OC(=O)N1CC(Nc2ccc(Cl)cc2Cl)C1. The van der Waals surface area contributed by atoms with Crippen LogP contribution in [0.3, 0.4) is 0 Å². The molecule has 0 saturated carbocycles. The van der Waals surface area contributed by atoms with Crippen molar-refractivity contribution < 1.29 is 9.53 Å². The fourth-order valence-electron chi connectivity index (χ4n) is 1.87. The van der Waals surface area contributed by atoms with Crippen LogP contribution in [0.5, 0.6) is 0 Å². The van der Waals surface area contributed by atoms with Gasteiger partial charge < -0.3 is 15.0 Å². The van der Waals surface area contributed by atoms with Crippen molar-refractivity contribution in [2.75, 3.05) is 18.4 Å². The van der Waals surface area contributed by atoms with Gasteiger partial charge in [-0.3, -0.25) is 0 Å². The van der Waals surface area contributed by atoms with Gasteiger partial charge in [0, 0.05) is 18.1 Å². The van der Waals surface area contributed by atoms with E-state index in [0.29, 0.717) is 23.1 Å². The van der Waals surface area contributed by atoms with Gasteiger partial charge in [0.2, 0.25) is 0 Å². The van der Waals surface area contributed by atoms with E-state index < -0.39 is 5.60 Å². The fraction of sp³-hybridized carbons (Fsp3) is 0.500. The number of nitrogens with one attached hydrogen (secondary N) is 1. The number of hydrogen-bond donors (Lipinski definition) is 1. The fourth-order valence-corrected chi connectivity index (χ4v) is 2.33. The van der Waals surface area contributed by atoms with Crippen LogP contribution in [-0.4, -0.2) is 35.7 Å². The maximum Gasteiger partial charge on any atom is 0.410 e. The molecule has 1 aromatic rings. The van der Waals surface area contributed by atoms with E-state index in [4.69, 9.17) is 27.9 Å². The molecule has 4 nitrogen and oxygen atoms in total. The molecular weight excluding hydrogens is 299 g/mol. The van der Waals surface area contributed by atoms with Gasteiger partial charge in [-0.1, -0.05) is 23.2 Å². The minimum Gasteiger partial charge on any atom is -0.444 e. The lowest BCUT2D eigenvalue weighted by molar-refractivity contribution is 0.0105. The summed E-state index contributed by atoms with van der Waals surface area (Å²) < 4.78 is 5.30. The number of nitrogens with zero attached hydrogens (tertiary/aromatic N) is 1. The lowest BCUT2D eigenvalue weighted by atomic mass is 10.1. The maximum atomic E-state index is 11.8. The first kappa shape index (κ1) is 15.3. The number of amides is 1. The molecule has 2 rings (SSSR count). The average molecular weight is 317 g/mol. The highest BCUT2D eigenvalue weighted by Crippen LogP contribution is 2.27. The number of likely N-dealkylation sites (tertiary alicyclic amines) is 1. The van der Waals surface area contributed by atoms with Gasteiger partial charge in [0.15, 0.2) is 0 Å². The van der Waals surface area contributed by atoms with Crippen molar-refractivity contribution in [3.05, 3.63) is 28.2 Å². The zero-order chi connectivity index (χ0) is 14.9. The first-order valence-electron chi connectivity index (χ1n) is 6.44. The average Bonchev–Trinajstić information content (AvgIpc) is 2.22. The molecule has 0 spiro atoms. The molecule has 6 heteroatoms. The Hall–Kier alpha value is -1.13. The van der Waals surface area contributed by atoms with Crippen LogP contribution >= 0.6 is 23.2 Å². The summed E-state index contributed by atoms with van der Waals surface area (Å²) in [6.07, 6.45) is -0.280. The lowest BCUT2D eigenvalue weighted by Gasteiger charge is -2.40. The molecule has 0 bridgehead atoms. The van der Waals surface area contributed by atoms with Crippen LogP contribution in [0, 0.1) is 0 Å². The highest BCUT2D eigenvalue weighted by Gasteiger charge is 2.33. The van der Waals surface area contributed by atoms with Crippen LogP contribution in [0.15, 0.2) is 18.2 Å². The van der Waals surface area contributed by atoms with Crippen LogP contribution in [-0.2, 0) is 4.74 Å². The van der Waals surface area contributed by atoms with Gasteiger partial charge in [-0.2, -0.15) is 0 Å². The van der Waals surface area contributed by atoms with E-state index in [1.807, 2.05) is 26.8 Å². The first-order chi connectivity index (χ1) is 9.24. The van der Waals surface area contributed by atoms with Gasteiger partial charge in [-0.25, -0.2) is 4.79 Å². The summed E-state index contributed by atoms with van der Waals surface area (Å²) in [5, 5.41) is 4.46. The minimum absolute atomic E-state index is 0.182. The number of ether oxygens (including phenoxy) is 1. The number of carbonyl (C=O) groups excluding carboxylic acids is 1. The normalized spacial score (nSPS) is 15.8. The molecule has 20 heavy (non-hydrogen) atoms. The summed E-state index contributed by atoms with van der Waals surface area (Å²) in [6.45, 7) is 6.78. The van der Waals surface area contributed by atoms with Crippen LogP contribution in [0.4, 0.5) is 10.5 Å². The van der Waals surface area contributed by atoms with Crippen molar-refractivity contribution in [2.24, 2.45) is 0 Å². The van der Waals surface area contributed by atoms with E-state index in [-0.39, 0.29) is 12.1 Å². The summed E-state index contributed by atoms with van der Waals surface area (Å²) in [5.74, 6) is 0. The molecule has 0 unspecified atom stereocenters. The van der Waals surface area contributed by atoms with Crippen molar-refractivity contribution in [1.82, 2.24) is 4.90 Å². The highest BCUT2D eigenvalue weighted by molar-refractivity contribution is 6.36. The van der Waals surface area contributed by atoms with E-state index in [1.54, 1.807) is 17.0 Å². The van der Waals surface area contributed by atoms with Crippen molar-refractivity contribution in [2.45, 2.75) is 32.4 Å². The molecule has 0 atom stereocenters. The van der Waals surface area contributed by atoms with Crippen LogP contribution in [0.25, 0.3) is 0 Å². The summed E-state index contributed by atoms with van der Waals surface area (Å²) >= 11 is 11.9. The Balaban J connectivity index is 1.83. The number of anilines is 1. The number of rotatable bonds is 2. The quantitative estimate of drug-likeness (QED) is 0.895. The van der Waals surface area contributed by atoms with Gasteiger partial charge in [-0.05, 0) is 39.0 Å². The summed E-state index contributed by atoms with van der Waals surface area (Å²) in [5.41, 5.74) is 0.361. The third-order valence-electron chi connectivity index (χ3n) is 2.82. The molecule has 1 N–H and O–H groups in total. The zero-order valence-corrected chi connectivity index (χ0v) is 13.3. The van der Waals surface area contributed by atoms with E-state index >= 15 is 0 Å². The van der Waals surface area contributed by atoms with Crippen molar-refractivity contribution in [3.63, 3.8) is 0 Å². The Kier molecular flexibility index (Phi) is 4.35. The second-order valence-electron chi connectivity index (χ2n) is 5.85. The molecule has 0 radical (unpaired) electrons. The van der Waals surface area contributed by atoms with Gasteiger partial charge in [0.25, 0.3) is 0 Å². The molecule has 1 aliphatic rings. The predicted molar refractivity (Wildman–Crippen MR) is 81.7 cm³/mol. The molecule has 1 aliphatic heterocycles. The molecule has 110 valence electrons. The topological polar surface area (TPSA) is 41.6 Å². The molecule has 1 saturated heterocycles. The highest BCUT2D eigenvalue weighted by atomic mass is 35.5. The predicted octanol–water partition coefficient (Wildman–Crippen LogP) is 4.02. The van der Waals surface area contributed by atoms with Gasteiger partial charge in [0.1, 0.15) is 5.60 Å². The molecular formula is C14H18Cl2N2O2. The zero-order valence-electron chi connectivity index (χ0n) is 11.7. The standard InChI is InChI=1S/C14H18Cl2N2O2/c1-14(2,3)20-13(19)18-7-10(8-18)17-12-5-4-9(15)6-11(12)16/h4-6,10,17H,7-8H2,1-3H3. The van der Waals surface area contributed by atoms with Gasteiger partial charge in [0.05, 0.1) is 16.8 Å². The van der Waals surface area contributed by atoms with Crippen molar-refractivity contribution >= 4 is 35.0 Å². The second-order valence-corrected chi connectivity index (χ2v) is 6.69. The molecule has 1 fully saturated rings. The molecule has 1 heterocycles. The maximum absolute atomic E-state index is 11.8. The Morgan fingerprint density at radius 1 is 1.35 bits per heavy atom. The Bertz CT molecular complexity index is 508. The third-order valence-corrected chi connectivity index (χ3v) is 3.37. The largest absolute Gasteiger partial charge is 0.444 e. The third kappa shape index (κ3) is 3.93. The number of carbonyl (C=O) groups is 1. The van der Waals surface area contributed by atoms with Gasteiger partial charge in [-0.15, -0.1) is 0 Å². The van der Waals surface area contributed by atoms with Crippen LogP contribution in [0.2, 0.25) is 10.0 Å². The second kappa shape index (κ2) is 5.70. The van der Waals surface area contributed by atoms with Crippen molar-refractivity contribution in [1.29, 1.82) is 0 Å². The lowest BCUT2D eigenvalue weighted by Crippen LogP contribution is -2.57. The van der Waals surface area contributed by atoms with Gasteiger partial charge >= 0.3 is 6.09 Å². The molecule has 1 amide bonds. The van der Waals surface area contributed by atoms with E-state index in [0.717, 1.165) is 5.69 Å². The Morgan fingerprint density at radius 2 is 2.00 bits per heavy atom. The number of benzene rings is 1. The van der Waals surface area contributed by atoms with E-state index in [9.17, 15) is 4.79 Å². The summed E-state index contributed by atoms with van der Waals surface area (Å²) in [6, 6.07) is 5.48. The number of hydrogen-bond acceptors (Lipinski definition) is 3. The Labute approximate surface area is 129 Å². The molecule has 1 aromatic carbocycles. The summed E-state index contributed by atoms with van der Waals surface area (Å²) in [7, 11) is 0. The summed E-state index contributed by atoms with van der Waals surface area (Å²) in [4.78, 5) is 13.4. The van der Waals surface area contributed by atoms with E-state index in [2.05, 4.69) is 5.32 Å². The van der Waals surface area contributed by atoms with Crippen LogP contribution < -0.4 is 5.32 Å². The minimum atomic E-state index is -0.463.